The van der Waals surface area contributed by atoms with Crippen LogP contribution in [0.3, 0.4) is 0 Å². The van der Waals surface area contributed by atoms with Gasteiger partial charge in [-0.2, -0.15) is 0 Å². The molecular formula is C17H23N3O2. The molecule has 3 rings (SSSR count). The minimum Gasteiger partial charge on any atom is -0.350 e. The van der Waals surface area contributed by atoms with Gasteiger partial charge in [-0.1, -0.05) is 30.3 Å². The zero-order valence-corrected chi connectivity index (χ0v) is 12.8. The molecule has 0 aromatic heterocycles. The molecule has 2 atom stereocenters. The average molecular weight is 301 g/mol. The van der Waals surface area contributed by atoms with Crippen LogP contribution in [0.5, 0.6) is 0 Å². The molecule has 2 N–H and O–H groups in total. The molecule has 0 bridgehead atoms. The molecule has 0 spiro atoms. The Morgan fingerprint density at radius 3 is 2.73 bits per heavy atom. The standard InChI is InChI=1S/C17H23N3O2/c21-16(19-12-13-6-2-1-3-7-13)15-9-5-11-20(15)17(22)14-8-4-10-18-14/h1-3,6-7,14-15,18H,4-5,8-12H2,(H,19,21)/t14-,15-/m0/s1. The molecule has 1 aromatic carbocycles. The molecule has 1 aromatic rings. The minimum absolute atomic E-state index is 0.0345. The van der Waals surface area contributed by atoms with E-state index < -0.39 is 0 Å². The quantitative estimate of drug-likeness (QED) is 0.874. The summed E-state index contributed by atoms with van der Waals surface area (Å²) in [6.45, 7) is 2.11. The molecular weight excluding hydrogens is 278 g/mol. The van der Waals surface area contributed by atoms with Crippen LogP contribution in [0.2, 0.25) is 0 Å². The first kappa shape index (κ1) is 15.0. The molecule has 5 nitrogen and oxygen atoms in total. The maximum atomic E-state index is 12.5. The molecule has 0 unspecified atom stereocenters. The monoisotopic (exact) mass is 301 g/mol. The predicted molar refractivity (Wildman–Crippen MR) is 84.0 cm³/mol. The number of rotatable bonds is 4. The van der Waals surface area contributed by atoms with Crippen molar-refractivity contribution in [2.24, 2.45) is 0 Å². The molecule has 118 valence electrons. The summed E-state index contributed by atoms with van der Waals surface area (Å²) in [4.78, 5) is 26.7. The zero-order chi connectivity index (χ0) is 15.4. The maximum Gasteiger partial charge on any atom is 0.243 e. The highest BCUT2D eigenvalue weighted by molar-refractivity contribution is 5.90. The highest BCUT2D eigenvalue weighted by Crippen LogP contribution is 2.20. The Bertz CT molecular complexity index is 526. The minimum atomic E-state index is -0.307. The lowest BCUT2D eigenvalue weighted by Crippen LogP contribution is -2.50. The SMILES string of the molecule is O=C(NCc1ccccc1)[C@@H]1CCCN1C(=O)[C@@H]1CCCN1. The van der Waals surface area contributed by atoms with E-state index >= 15 is 0 Å². The van der Waals surface area contributed by atoms with Crippen LogP contribution in [-0.2, 0) is 16.1 Å². The highest BCUT2D eigenvalue weighted by atomic mass is 16.2. The van der Waals surface area contributed by atoms with Crippen LogP contribution in [0.1, 0.15) is 31.2 Å². The van der Waals surface area contributed by atoms with Crippen LogP contribution in [0.25, 0.3) is 0 Å². The number of nitrogens with one attached hydrogen (secondary N) is 2. The molecule has 2 saturated heterocycles. The van der Waals surface area contributed by atoms with E-state index in [4.69, 9.17) is 0 Å². The van der Waals surface area contributed by atoms with Crippen molar-refractivity contribution in [2.45, 2.75) is 44.3 Å². The molecule has 2 aliphatic heterocycles. The lowest BCUT2D eigenvalue weighted by Gasteiger charge is -2.26. The summed E-state index contributed by atoms with van der Waals surface area (Å²) in [6.07, 6.45) is 3.59. The van der Waals surface area contributed by atoms with Crippen molar-refractivity contribution in [3.63, 3.8) is 0 Å². The predicted octanol–water partition coefficient (Wildman–Crippen LogP) is 1.05. The number of hydrogen-bond donors (Lipinski definition) is 2. The van der Waals surface area contributed by atoms with Crippen molar-refractivity contribution in [1.82, 2.24) is 15.5 Å². The fraction of sp³-hybridized carbons (Fsp3) is 0.529. The van der Waals surface area contributed by atoms with E-state index in [0.717, 1.165) is 37.8 Å². The van der Waals surface area contributed by atoms with Gasteiger partial charge in [0, 0.05) is 13.1 Å². The van der Waals surface area contributed by atoms with E-state index in [-0.39, 0.29) is 23.9 Å². The number of nitrogens with zero attached hydrogens (tertiary/aromatic N) is 1. The fourth-order valence-electron chi connectivity index (χ4n) is 3.30. The molecule has 2 heterocycles. The molecule has 2 fully saturated rings. The number of hydrogen-bond acceptors (Lipinski definition) is 3. The van der Waals surface area contributed by atoms with E-state index in [2.05, 4.69) is 10.6 Å². The Hall–Kier alpha value is -1.88. The molecule has 22 heavy (non-hydrogen) atoms. The van der Waals surface area contributed by atoms with Gasteiger partial charge in [-0.3, -0.25) is 9.59 Å². The summed E-state index contributed by atoms with van der Waals surface area (Å²) in [6, 6.07) is 9.44. The van der Waals surface area contributed by atoms with Crippen molar-refractivity contribution in [3.8, 4) is 0 Å². The first-order chi connectivity index (χ1) is 10.8. The largest absolute Gasteiger partial charge is 0.350 e. The number of benzene rings is 1. The van der Waals surface area contributed by atoms with Gasteiger partial charge in [0.15, 0.2) is 0 Å². The summed E-state index contributed by atoms with van der Waals surface area (Å²) in [5.41, 5.74) is 1.07. The van der Waals surface area contributed by atoms with Crippen LogP contribution in [0.4, 0.5) is 0 Å². The Morgan fingerprint density at radius 1 is 1.18 bits per heavy atom. The molecule has 0 saturated carbocycles. The Kier molecular flexibility index (Phi) is 4.73. The summed E-state index contributed by atoms with van der Waals surface area (Å²) >= 11 is 0. The van der Waals surface area contributed by atoms with Crippen LogP contribution >= 0.6 is 0 Å². The maximum absolute atomic E-state index is 12.5. The van der Waals surface area contributed by atoms with Crippen LogP contribution in [0, 0.1) is 0 Å². The van der Waals surface area contributed by atoms with Gasteiger partial charge < -0.3 is 15.5 Å². The third-order valence-electron chi connectivity index (χ3n) is 4.51. The molecule has 5 heteroatoms. The van der Waals surface area contributed by atoms with Crippen molar-refractivity contribution in [3.05, 3.63) is 35.9 Å². The third kappa shape index (κ3) is 3.30. The zero-order valence-electron chi connectivity index (χ0n) is 12.8. The summed E-state index contributed by atoms with van der Waals surface area (Å²) in [7, 11) is 0. The van der Waals surface area contributed by atoms with Gasteiger partial charge >= 0.3 is 0 Å². The van der Waals surface area contributed by atoms with Gasteiger partial charge in [0.25, 0.3) is 0 Å². The third-order valence-corrected chi connectivity index (χ3v) is 4.51. The summed E-state index contributed by atoms with van der Waals surface area (Å²) in [5.74, 6) is 0.0579. The van der Waals surface area contributed by atoms with Gasteiger partial charge in [-0.25, -0.2) is 0 Å². The van der Waals surface area contributed by atoms with E-state index in [1.807, 2.05) is 30.3 Å². The van der Waals surface area contributed by atoms with E-state index in [1.54, 1.807) is 4.90 Å². The normalized spacial score (nSPS) is 24.5. The lowest BCUT2D eigenvalue weighted by atomic mass is 10.1. The Labute approximate surface area is 131 Å². The van der Waals surface area contributed by atoms with E-state index in [0.29, 0.717) is 13.1 Å². The Morgan fingerprint density at radius 2 is 2.00 bits per heavy atom. The van der Waals surface area contributed by atoms with Crippen molar-refractivity contribution in [1.29, 1.82) is 0 Å². The number of likely N-dealkylation sites (tertiary alicyclic amines) is 1. The van der Waals surface area contributed by atoms with Crippen LogP contribution in [0.15, 0.2) is 30.3 Å². The number of carbonyl (C=O) groups excluding carboxylic acids is 2. The summed E-state index contributed by atoms with van der Waals surface area (Å²) < 4.78 is 0. The second-order valence-corrected chi connectivity index (χ2v) is 6.04. The van der Waals surface area contributed by atoms with Crippen molar-refractivity contribution < 1.29 is 9.59 Å². The summed E-state index contributed by atoms with van der Waals surface area (Å²) in [5, 5.41) is 6.19. The van der Waals surface area contributed by atoms with Crippen LogP contribution in [-0.4, -0.2) is 41.9 Å². The lowest BCUT2D eigenvalue weighted by molar-refractivity contribution is -0.139. The van der Waals surface area contributed by atoms with Crippen molar-refractivity contribution >= 4 is 11.8 Å². The van der Waals surface area contributed by atoms with Gasteiger partial charge in [0.2, 0.25) is 11.8 Å². The molecule has 0 radical (unpaired) electrons. The van der Waals surface area contributed by atoms with E-state index in [9.17, 15) is 9.59 Å². The first-order valence-electron chi connectivity index (χ1n) is 8.11. The van der Waals surface area contributed by atoms with Gasteiger partial charge in [0.1, 0.15) is 6.04 Å². The molecule has 2 aliphatic rings. The van der Waals surface area contributed by atoms with Gasteiger partial charge in [-0.15, -0.1) is 0 Å². The second-order valence-electron chi connectivity index (χ2n) is 6.04. The fourth-order valence-corrected chi connectivity index (χ4v) is 3.30. The number of carbonyl (C=O) groups is 2. The second kappa shape index (κ2) is 6.92. The average Bonchev–Trinajstić information content (AvgIpc) is 3.24. The molecule has 0 aliphatic carbocycles. The first-order valence-corrected chi connectivity index (χ1v) is 8.11. The Balaban J connectivity index is 1.57. The number of amides is 2. The smallest absolute Gasteiger partial charge is 0.243 e. The van der Waals surface area contributed by atoms with Gasteiger partial charge in [-0.05, 0) is 37.8 Å². The van der Waals surface area contributed by atoms with E-state index in [1.165, 1.54) is 0 Å². The highest BCUT2D eigenvalue weighted by Gasteiger charge is 2.37. The van der Waals surface area contributed by atoms with Gasteiger partial charge in [0.05, 0.1) is 6.04 Å². The van der Waals surface area contributed by atoms with Crippen molar-refractivity contribution in [2.75, 3.05) is 13.1 Å². The molecule has 2 amide bonds. The van der Waals surface area contributed by atoms with Crippen LogP contribution < -0.4 is 10.6 Å². The topological polar surface area (TPSA) is 61.4 Å².